The van der Waals surface area contributed by atoms with Crippen molar-refractivity contribution in [1.82, 2.24) is 15.1 Å². The van der Waals surface area contributed by atoms with E-state index in [0.29, 0.717) is 5.92 Å². The van der Waals surface area contributed by atoms with E-state index in [1.165, 1.54) is 5.56 Å². The third kappa shape index (κ3) is 6.05. The first-order chi connectivity index (χ1) is 12.7. The van der Waals surface area contributed by atoms with Gasteiger partial charge in [-0.1, -0.05) is 6.92 Å². The van der Waals surface area contributed by atoms with Gasteiger partial charge >= 0.3 is 0 Å². The van der Waals surface area contributed by atoms with Crippen LogP contribution in [0.4, 0.5) is 0 Å². The molecule has 0 aliphatic carbocycles. The monoisotopic (exact) mass is 506 g/mol. The van der Waals surface area contributed by atoms with Gasteiger partial charge in [-0.2, -0.15) is 11.3 Å². The summed E-state index contributed by atoms with van der Waals surface area (Å²) in [4.78, 5) is 21.6. The Bertz CT molecular complexity index is 597. The minimum atomic E-state index is -0.213. The molecule has 1 amide bonds. The quantitative estimate of drug-likeness (QED) is 0.379. The van der Waals surface area contributed by atoms with Gasteiger partial charge in [0.2, 0.25) is 0 Å². The molecule has 0 spiro atoms. The molecular formula is C19H31IN4O2S. The molecule has 2 saturated heterocycles. The number of halogens is 1. The van der Waals surface area contributed by atoms with Crippen LogP contribution in [-0.4, -0.2) is 73.6 Å². The lowest BCUT2D eigenvalue weighted by Crippen LogP contribution is -2.55. The van der Waals surface area contributed by atoms with Crippen molar-refractivity contribution < 1.29 is 9.53 Å². The zero-order valence-electron chi connectivity index (χ0n) is 16.2. The summed E-state index contributed by atoms with van der Waals surface area (Å²) in [5.74, 6) is 1.53. The van der Waals surface area contributed by atoms with Gasteiger partial charge in [-0.15, -0.1) is 24.0 Å². The van der Waals surface area contributed by atoms with Crippen LogP contribution >= 0.6 is 35.3 Å². The Morgan fingerprint density at radius 3 is 2.70 bits per heavy atom. The van der Waals surface area contributed by atoms with Crippen molar-refractivity contribution in [2.75, 3.05) is 45.9 Å². The van der Waals surface area contributed by atoms with Gasteiger partial charge in [0.15, 0.2) is 5.96 Å². The van der Waals surface area contributed by atoms with Crippen LogP contribution in [0.15, 0.2) is 21.8 Å². The number of rotatable bonds is 5. The number of carbonyl (C=O) groups is 1. The third-order valence-electron chi connectivity index (χ3n) is 5.06. The van der Waals surface area contributed by atoms with Gasteiger partial charge in [0.05, 0.1) is 0 Å². The van der Waals surface area contributed by atoms with Crippen molar-refractivity contribution in [3.63, 3.8) is 0 Å². The zero-order chi connectivity index (χ0) is 18.4. The number of hydrogen-bond donors (Lipinski definition) is 1. The van der Waals surface area contributed by atoms with Crippen LogP contribution in [0.5, 0.6) is 0 Å². The molecule has 2 unspecified atom stereocenters. The van der Waals surface area contributed by atoms with E-state index in [4.69, 9.17) is 9.73 Å². The summed E-state index contributed by atoms with van der Waals surface area (Å²) in [5, 5.41) is 7.72. The van der Waals surface area contributed by atoms with Crippen molar-refractivity contribution in [1.29, 1.82) is 0 Å². The van der Waals surface area contributed by atoms with Crippen molar-refractivity contribution in [2.24, 2.45) is 4.99 Å². The molecule has 2 aliphatic rings. The van der Waals surface area contributed by atoms with Gasteiger partial charge < -0.3 is 19.9 Å². The van der Waals surface area contributed by atoms with Gasteiger partial charge in [0.25, 0.3) is 5.91 Å². The summed E-state index contributed by atoms with van der Waals surface area (Å²) < 4.78 is 5.54. The van der Waals surface area contributed by atoms with Crippen LogP contribution in [0.3, 0.4) is 0 Å². The lowest BCUT2D eigenvalue weighted by atomic mass is 10.1. The summed E-state index contributed by atoms with van der Waals surface area (Å²) >= 11 is 1.73. The molecule has 2 atom stereocenters. The molecular weight excluding hydrogens is 475 g/mol. The number of thiophene rings is 1. The fourth-order valence-electron chi connectivity index (χ4n) is 3.42. The molecule has 1 aromatic rings. The Labute approximate surface area is 183 Å². The maximum atomic E-state index is 12.5. The molecule has 2 aliphatic heterocycles. The fourth-order valence-corrected chi connectivity index (χ4v) is 4.21. The van der Waals surface area contributed by atoms with Crippen LogP contribution in [0.25, 0.3) is 0 Å². The minimum absolute atomic E-state index is 0. The second-order valence-electron chi connectivity index (χ2n) is 6.97. The standard InChI is InChI=1S/C19H30N4O2S.HI/c1-3-20-19(21-13-15(2)16-6-12-26-14-16)23-9-7-22(8-10-23)18(24)17-5-4-11-25-17;/h6,12,14-15,17H,3-5,7-11,13H2,1-2H3,(H,20,21);1H. The molecule has 8 heteroatoms. The molecule has 2 fully saturated rings. The van der Waals surface area contributed by atoms with Gasteiger partial charge in [-0.25, -0.2) is 0 Å². The number of nitrogens with zero attached hydrogens (tertiary/aromatic N) is 3. The molecule has 0 radical (unpaired) electrons. The first kappa shape index (κ1) is 22.4. The number of hydrogen-bond acceptors (Lipinski definition) is 4. The average Bonchev–Trinajstić information content (AvgIpc) is 3.38. The normalized spacial score (nSPS) is 21.7. The highest BCUT2D eigenvalue weighted by Crippen LogP contribution is 2.19. The van der Waals surface area contributed by atoms with E-state index in [9.17, 15) is 4.79 Å². The second-order valence-corrected chi connectivity index (χ2v) is 7.75. The fraction of sp³-hybridized carbons (Fsp3) is 0.684. The van der Waals surface area contributed by atoms with Crippen molar-refractivity contribution >= 4 is 47.2 Å². The lowest BCUT2D eigenvalue weighted by Gasteiger charge is -2.37. The molecule has 3 heterocycles. The number of aliphatic imine (C=N–C) groups is 1. The number of guanidine groups is 1. The summed E-state index contributed by atoms with van der Waals surface area (Å²) in [6.45, 7) is 9.76. The van der Waals surface area contributed by atoms with Gasteiger partial charge in [0.1, 0.15) is 6.10 Å². The highest BCUT2D eigenvalue weighted by atomic mass is 127. The molecule has 27 heavy (non-hydrogen) atoms. The predicted molar refractivity (Wildman–Crippen MR) is 121 cm³/mol. The highest BCUT2D eigenvalue weighted by molar-refractivity contribution is 14.0. The molecule has 3 rings (SSSR count). The predicted octanol–water partition coefficient (Wildman–Crippen LogP) is 2.76. The van der Waals surface area contributed by atoms with E-state index in [0.717, 1.165) is 64.7 Å². The van der Waals surface area contributed by atoms with Crippen LogP contribution < -0.4 is 5.32 Å². The lowest BCUT2D eigenvalue weighted by molar-refractivity contribution is -0.142. The van der Waals surface area contributed by atoms with E-state index in [-0.39, 0.29) is 36.0 Å². The Kier molecular flexibility index (Phi) is 9.31. The molecule has 1 aromatic heterocycles. The first-order valence-electron chi connectivity index (χ1n) is 9.64. The number of piperazine rings is 1. The van der Waals surface area contributed by atoms with Crippen LogP contribution in [-0.2, 0) is 9.53 Å². The third-order valence-corrected chi connectivity index (χ3v) is 5.76. The first-order valence-corrected chi connectivity index (χ1v) is 10.6. The molecule has 6 nitrogen and oxygen atoms in total. The maximum absolute atomic E-state index is 12.5. The summed E-state index contributed by atoms with van der Waals surface area (Å²) in [6, 6.07) is 2.17. The SMILES string of the molecule is CCNC(=NCC(C)c1ccsc1)N1CCN(C(=O)C2CCCO2)CC1.I. The Morgan fingerprint density at radius 1 is 1.37 bits per heavy atom. The maximum Gasteiger partial charge on any atom is 0.251 e. The number of amides is 1. The Hall–Kier alpha value is -0.870. The number of ether oxygens (including phenoxy) is 1. The average molecular weight is 506 g/mol. The van der Waals surface area contributed by atoms with Crippen LogP contribution in [0, 0.1) is 0 Å². The number of carbonyl (C=O) groups excluding carboxylic acids is 1. The second kappa shape index (κ2) is 11.2. The smallest absolute Gasteiger partial charge is 0.251 e. The van der Waals surface area contributed by atoms with Crippen molar-refractivity contribution in [2.45, 2.75) is 38.7 Å². The minimum Gasteiger partial charge on any atom is -0.368 e. The molecule has 152 valence electrons. The molecule has 0 bridgehead atoms. The van der Waals surface area contributed by atoms with E-state index >= 15 is 0 Å². The summed E-state index contributed by atoms with van der Waals surface area (Å²) in [6.07, 6.45) is 1.65. The Morgan fingerprint density at radius 2 is 2.11 bits per heavy atom. The topological polar surface area (TPSA) is 57.2 Å². The van der Waals surface area contributed by atoms with Crippen LogP contribution in [0.1, 0.15) is 38.2 Å². The molecule has 0 saturated carbocycles. The van der Waals surface area contributed by atoms with Crippen molar-refractivity contribution in [3.8, 4) is 0 Å². The number of nitrogens with one attached hydrogen (secondary N) is 1. The molecule has 1 N–H and O–H groups in total. The van der Waals surface area contributed by atoms with Gasteiger partial charge in [-0.3, -0.25) is 9.79 Å². The van der Waals surface area contributed by atoms with Crippen LogP contribution in [0.2, 0.25) is 0 Å². The Balaban J connectivity index is 0.00000261. The zero-order valence-corrected chi connectivity index (χ0v) is 19.4. The largest absolute Gasteiger partial charge is 0.368 e. The van der Waals surface area contributed by atoms with Gasteiger partial charge in [0, 0.05) is 51.8 Å². The molecule has 0 aromatic carbocycles. The van der Waals surface area contributed by atoms with Crippen molar-refractivity contribution in [3.05, 3.63) is 22.4 Å². The van der Waals surface area contributed by atoms with E-state index in [1.54, 1.807) is 11.3 Å². The van der Waals surface area contributed by atoms with Gasteiger partial charge in [-0.05, 0) is 42.2 Å². The van der Waals surface area contributed by atoms with E-state index < -0.39 is 0 Å². The van der Waals surface area contributed by atoms with E-state index in [2.05, 4.69) is 40.9 Å². The highest BCUT2D eigenvalue weighted by Gasteiger charge is 2.30. The summed E-state index contributed by atoms with van der Waals surface area (Å²) in [7, 11) is 0. The van der Waals surface area contributed by atoms with E-state index in [1.807, 2.05) is 4.90 Å². The summed E-state index contributed by atoms with van der Waals surface area (Å²) in [5.41, 5.74) is 1.35.